The molecule has 0 radical (unpaired) electrons. The van der Waals surface area contributed by atoms with Crippen molar-refractivity contribution in [2.75, 3.05) is 11.1 Å². The molecule has 0 aliphatic rings. The maximum Gasteiger partial charge on any atom is 0.247 e. The van der Waals surface area contributed by atoms with Crippen molar-refractivity contribution < 1.29 is 4.79 Å². The van der Waals surface area contributed by atoms with E-state index in [0.29, 0.717) is 10.9 Å². The third kappa shape index (κ3) is 2.55. The first-order chi connectivity index (χ1) is 9.20. The molecule has 2 heterocycles. The number of benzene rings is 1. The van der Waals surface area contributed by atoms with Gasteiger partial charge in [0.2, 0.25) is 5.91 Å². The fourth-order valence-corrected chi connectivity index (χ4v) is 2.58. The Morgan fingerprint density at radius 2 is 2.21 bits per heavy atom. The van der Waals surface area contributed by atoms with Gasteiger partial charge in [0.1, 0.15) is 12.4 Å². The van der Waals surface area contributed by atoms with Crippen molar-refractivity contribution in [2.24, 2.45) is 0 Å². The highest BCUT2D eigenvalue weighted by Gasteiger charge is 2.08. The van der Waals surface area contributed by atoms with E-state index < -0.39 is 0 Å². The summed E-state index contributed by atoms with van der Waals surface area (Å²) in [6.07, 6.45) is 1.66. The normalized spacial score (nSPS) is 10.7. The van der Waals surface area contributed by atoms with E-state index in [4.69, 9.17) is 5.73 Å². The van der Waals surface area contributed by atoms with Crippen LogP contribution >= 0.6 is 11.3 Å². The summed E-state index contributed by atoms with van der Waals surface area (Å²) in [5.74, 6) is 0.218. The molecule has 0 spiro atoms. The van der Waals surface area contributed by atoms with Gasteiger partial charge < -0.3 is 11.1 Å². The first-order valence-electron chi connectivity index (χ1n) is 5.65. The van der Waals surface area contributed by atoms with Gasteiger partial charge >= 0.3 is 0 Å². The van der Waals surface area contributed by atoms with Crippen molar-refractivity contribution in [3.05, 3.63) is 36.5 Å². The van der Waals surface area contributed by atoms with Gasteiger partial charge in [0.15, 0.2) is 5.13 Å². The number of nitrogens with two attached hydrogens (primary N) is 1. The molecule has 0 atom stereocenters. The standard InChI is InChI=1S/C12H11N5OS/c13-10-5-6-17(16-10)7-11(18)15-12-14-8-3-1-2-4-9(8)19-12/h1-6H,7H2,(H2,13,16)(H,14,15,18). The van der Waals surface area contributed by atoms with E-state index in [1.165, 1.54) is 16.0 Å². The van der Waals surface area contributed by atoms with Crippen LogP contribution in [0.5, 0.6) is 0 Å². The lowest BCUT2D eigenvalue weighted by molar-refractivity contribution is -0.116. The summed E-state index contributed by atoms with van der Waals surface area (Å²) >= 11 is 1.44. The number of carbonyl (C=O) groups is 1. The van der Waals surface area contributed by atoms with Crippen molar-refractivity contribution in [3.63, 3.8) is 0 Å². The Morgan fingerprint density at radius 1 is 1.37 bits per heavy atom. The summed E-state index contributed by atoms with van der Waals surface area (Å²) in [6.45, 7) is 0.118. The van der Waals surface area contributed by atoms with Crippen LogP contribution in [0.2, 0.25) is 0 Å². The lowest BCUT2D eigenvalue weighted by atomic mass is 10.3. The molecular formula is C12H11N5OS. The molecule has 3 rings (SSSR count). The van der Waals surface area contributed by atoms with Gasteiger partial charge in [-0.15, -0.1) is 0 Å². The first-order valence-corrected chi connectivity index (χ1v) is 6.47. The number of anilines is 2. The molecule has 0 bridgehead atoms. The number of aromatic nitrogens is 3. The van der Waals surface area contributed by atoms with Crippen LogP contribution in [0.1, 0.15) is 0 Å². The van der Waals surface area contributed by atoms with Gasteiger partial charge in [-0.3, -0.25) is 9.48 Å². The fraction of sp³-hybridized carbons (Fsp3) is 0.0833. The van der Waals surface area contributed by atoms with Gasteiger partial charge in [-0.25, -0.2) is 4.98 Å². The molecule has 0 unspecified atom stereocenters. The van der Waals surface area contributed by atoms with Gasteiger partial charge in [0.05, 0.1) is 10.2 Å². The Kier molecular flexibility index (Phi) is 2.88. The van der Waals surface area contributed by atoms with Crippen molar-refractivity contribution in [3.8, 4) is 0 Å². The largest absolute Gasteiger partial charge is 0.382 e. The monoisotopic (exact) mass is 273 g/mol. The topological polar surface area (TPSA) is 85.8 Å². The Labute approximate surface area is 112 Å². The second-order valence-corrected chi connectivity index (χ2v) is 5.00. The molecule has 2 aromatic heterocycles. The molecule has 19 heavy (non-hydrogen) atoms. The zero-order valence-corrected chi connectivity index (χ0v) is 10.7. The first kappa shape index (κ1) is 11.7. The Balaban J connectivity index is 1.72. The number of rotatable bonds is 3. The van der Waals surface area contributed by atoms with E-state index >= 15 is 0 Å². The molecule has 0 fully saturated rings. The number of thiazole rings is 1. The second kappa shape index (κ2) is 4.69. The second-order valence-electron chi connectivity index (χ2n) is 3.97. The van der Waals surface area contributed by atoms with Crippen LogP contribution in [0.25, 0.3) is 10.2 Å². The SMILES string of the molecule is Nc1ccn(CC(=O)Nc2nc3ccccc3s2)n1. The van der Waals surface area contributed by atoms with Crippen molar-refractivity contribution in [1.82, 2.24) is 14.8 Å². The highest BCUT2D eigenvalue weighted by molar-refractivity contribution is 7.22. The molecule has 3 N–H and O–H groups in total. The maximum atomic E-state index is 11.8. The number of amides is 1. The van der Waals surface area contributed by atoms with Crippen LogP contribution < -0.4 is 11.1 Å². The molecule has 7 heteroatoms. The van der Waals surface area contributed by atoms with E-state index in [0.717, 1.165) is 10.2 Å². The summed E-state index contributed by atoms with van der Waals surface area (Å²) in [5, 5.41) is 7.30. The summed E-state index contributed by atoms with van der Waals surface area (Å²) in [6, 6.07) is 9.39. The average molecular weight is 273 g/mol. The van der Waals surface area contributed by atoms with Crippen LogP contribution in [0.3, 0.4) is 0 Å². The van der Waals surface area contributed by atoms with Crippen LogP contribution in [0, 0.1) is 0 Å². The molecular weight excluding hydrogens is 262 g/mol. The minimum absolute atomic E-state index is 0.118. The number of nitrogens with one attached hydrogen (secondary N) is 1. The van der Waals surface area contributed by atoms with Gasteiger partial charge in [-0.05, 0) is 18.2 Å². The Morgan fingerprint density at radius 3 is 2.95 bits per heavy atom. The Hall–Kier alpha value is -2.41. The van der Waals surface area contributed by atoms with E-state index in [2.05, 4.69) is 15.4 Å². The number of fused-ring (bicyclic) bond motifs is 1. The lowest BCUT2D eigenvalue weighted by Crippen LogP contribution is -2.19. The molecule has 1 amide bonds. The summed E-state index contributed by atoms with van der Waals surface area (Å²) in [7, 11) is 0. The highest BCUT2D eigenvalue weighted by Crippen LogP contribution is 2.25. The third-order valence-corrected chi connectivity index (χ3v) is 3.46. The number of hydrogen-bond acceptors (Lipinski definition) is 5. The van der Waals surface area contributed by atoms with Crippen molar-refractivity contribution in [2.45, 2.75) is 6.54 Å². The minimum Gasteiger partial charge on any atom is -0.382 e. The molecule has 3 aromatic rings. The third-order valence-electron chi connectivity index (χ3n) is 2.51. The fourth-order valence-electron chi connectivity index (χ4n) is 1.70. The smallest absolute Gasteiger partial charge is 0.247 e. The molecule has 1 aromatic carbocycles. The molecule has 0 aliphatic carbocycles. The highest BCUT2D eigenvalue weighted by atomic mass is 32.1. The number of nitrogens with zero attached hydrogens (tertiary/aromatic N) is 3. The van der Waals surface area contributed by atoms with Crippen molar-refractivity contribution in [1.29, 1.82) is 0 Å². The van der Waals surface area contributed by atoms with E-state index in [1.54, 1.807) is 12.3 Å². The van der Waals surface area contributed by atoms with E-state index in [9.17, 15) is 4.79 Å². The lowest BCUT2D eigenvalue weighted by Gasteiger charge is -2.01. The van der Waals surface area contributed by atoms with E-state index in [-0.39, 0.29) is 12.5 Å². The predicted octanol–water partition coefficient (Wildman–Crippen LogP) is 1.71. The van der Waals surface area contributed by atoms with Crippen LogP contribution in [-0.2, 0) is 11.3 Å². The van der Waals surface area contributed by atoms with Crippen molar-refractivity contribution >= 4 is 38.4 Å². The van der Waals surface area contributed by atoms with Crippen LogP contribution in [-0.4, -0.2) is 20.7 Å². The summed E-state index contributed by atoms with van der Waals surface area (Å²) < 4.78 is 2.53. The quantitative estimate of drug-likeness (QED) is 0.760. The number of hydrogen-bond donors (Lipinski definition) is 2. The zero-order chi connectivity index (χ0) is 13.2. The van der Waals surface area contributed by atoms with Gasteiger partial charge in [-0.1, -0.05) is 23.5 Å². The van der Waals surface area contributed by atoms with Gasteiger partial charge in [0.25, 0.3) is 0 Å². The van der Waals surface area contributed by atoms with E-state index in [1.807, 2.05) is 24.3 Å². The number of para-hydroxylation sites is 1. The van der Waals surface area contributed by atoms with Gasteiger partial charge in [0, 0.05) is 6.20 Å². The minimum atomic E-state index is -0.179. The number of nitrogen functional groups attached to an aromatic ring is 1. The zero-order valence-electron chi connectivity index (χ0n) is 9.91. The van der Waals surface area contributed by atoms with Crippen LogP contribution in [0.4, 0.5) is 10.9 Å². The maximum absolute atomic E-state index is 11.8. The van der Waals surface area contributed by atoms with Crippen LogP contribution in [0.15, 0.2) is 36.5 Å². The molecule has 96 valence electrons. The summed E-state index contributed by atoms with van der Waals surface area (Å²) in [4.78, 5) is 16.2. The molecule has 0 saturated heterocycles. The predicted molar refractivity (Wildman–Crippen MR) is 74.9 cm³/mol. The molecule has 0 saturated carbocycles. The summed E-state index contributed by atoms with van der Waals surface area (Å²) in [5.41, 5.74) is 6.36. The number of carbonyl (C=O) groups excluding carboxylic acids is 1. The Bertz CT molecular complexity index is 699. The molecule has 6 nitrogen and oxygen atoms in total. The van der Waals surface area contributed by atoms with Gasteiger partial charge in [-0.2, -0.15) is 5.10 Å². The average Bonchev–Trinajstić information content (AvgIpc) is 2.94. The molecule has 0 aliphatic heterocycles.